The number of rotatable bonds is 18. The smallest absolute Gasteiger partial charge is 0.118 e. The van der Waals surface area contributed by atoms with Crippen molar-refractivity contribution >= 4 is 30.2 Å². The van der Waals surface area contributed by atoms with Crippen molar-refractivity contribution in [3.05, 3.63) is 119 Å². The number of hydrogen-bond donors (Lipinski definition) is 0. The first-order chi connectivity index (χ1) is 22.2. The first-order valence-electron chi connectivity index (χ1n) is 15.4. The van der Waals surface area contributed by atoms with Gasteiger partial charge in [0.2, 0.25) is 0 Å². The third-order valence-electron chi connectivity index (χ3n) is 8.36. The van der Waals surface area contributed by atoms with Crippen molar-refractivity contribution in [1.82, 2.24) is 0 Å². The Labute approximate surface area is 282 Å². The van der Waals surface area contributed by atoms with Gasteiger partial charge in [0, 0.05) is 41.8 Å². The maximum Gasteiger partial charge on any atom is 0.118 e. The second-order valence-corrected chi connectivity index (χ2v) is 18.9. The molecule has 246 valence electrons. The number of benzene rings is 4. The van der Waals surface area contributed by atoms with Crippen LogP contribution in [0.1, 0.15) is 35.1 Å². The van der Waals surface area contributed by atoms with Gasteiger partial charge in [-0.05, 0) is 83.6 Å². The van der Waals surface area contributed by atoms with E-state index < -0.39 is 14.3 Å². The molecule has 0 radical (unpaired) electrons. The van der Waals surface area contributed by atoms with Gasteiger partial charge < -0.3 is 28.1 Å². The average Bonchev–Trinajstić information content (AvgIpc) is 3.08. The summed E-state index contributed by atoms with van der Waals surface area (Å²) in [4.78, 5) is 0. The molecule has 0 fully saturated rings. The Morgan fingerprint density at radius 1 is 0.522 bits per heavy atom. The summed E-state index contributed by atoms with van der Waals surface area (Å²) in [6.45, 7) is 0. The lowest BCUT2D eigenvalue weighted by atomic mass is 10.2. The van der Waals surface area contributed by atoms with Crippen molar-refractivity contribution in [2.45, 2.75) is 43.1 Å². The molecule has 0 saturated heterocycles. The van der Waals surface area contributed by atoms with Crippen molar-refractivity contribution in [2.75, 3.05) is 39.9 Å². The molecule has 9 heteroatoms. The van der Waals surface area contributed by atoms with Crippen LogP contribution in [-0.2, 0) is 33.8 Å². The molecule has 0 bridgehead atoms. The second kappa shape index (κ2) is 17.3. The molecule has 46 heavy (non-hydrogen) atoms. The first kappa shape index (κ1) is 35.9. The summed E-state index contributed by atoms with van der Waals surface area (Å²) in [5.74, 6) is 3.03. The Kier molecular flexibility index (Phi) is 13.5. The Morgan fingerprint density at radius 2 is 0.826 bits per heavy atom. The highest BCUT2D eigenvalue weighted by Gasteiger charge is 2.38. The van der Waals surface area contributed by atoms with Gasteiger partial charge in [-0.25, -0.2) is 0 Å². The van der Waals surface area contributed by atoms with Gasteiger partial charge in [0.05, 0.1) is 42.7 Å². The summed E-state index contributed by atoms with van der Waals surface area (Å²) in [7, 11) is 0.621. The summed E-state index contributed by atoms with van der Waals surface area (Å²) in [5.41, 5.74) is 3.70. The van der Waals surface area contributed by atoms with E-state index in [1.165, 1.54) is 0 Å². The zero-order valence-electron chi connectivity index (χ0n) is 27.2. The van der Waals surface area contributed by atoms with Crippen LogP contribution < -0.4 is 18.9 Å². The number of ether oxygens (including phenoxy) is 4. The van der Waals surface area contributed by atoms with Gasteiger partial charge in [-0.3, -0.25) is 0 Å². The van der Waals surface area contributed by atoms with Crippen molar-refractivity contribution in [1.29, 1.82) is 0 Å². The van der Waals surface area contributed by atoms with Crippen LogP contribution in [0.5, 0.6) is 23.0 Å². The van der Waals surface area contributed by atoms with Crippen molar-refractivity contribution in [2.24, 2.45) is 0 Å². The minimum atomic E-state index is -3.00. The average molecular weight is 728 g/mol. The standard InChI is InChI=1S/C37H45BrO6P2/c1-41-33-15-7-29(8-16-33)24-45(39,25-30-9-17-34(42-2)18-10-30)28-37(6-5-23-38)46(40,26-31-11-19-35(43-3)20-12-31)27-32-13-21-36(44-4)22-14-32/h7-22,37H,5-6,23-28H2,1-4H3. The topological polar surface area (TPSA) is 71.1 Å². The predicted molar refractivity (Wildman–Crippen MR) is 194 cm³/mol. The molecular weight excluding hydrogens is 682 g/mol. The van der Waals surface area contributed by atoms with Gasteiger partial charge in [0.1, 0.15) is 23.0 Å². The number of halogens is 1. The highest BCUT2D eigenvalue weighted by molar-refractivity contribution is 9.09. The molecule has 4 aromatic rings. The maximum atomic E-state index is 15.6. The van der Waals surface area contributed by atoms with E-state index in [-0.39, 0.29) is 5.66 Å². The molecule has 0 aliphatic rings. The SMILES string of the molecule is COc1ccc(CP(=O)(Cc2ccc(OC)cc2)CC(CCCBr)P(=O)(Cc2ccc(OC)cc2)Cc2ccc(OC)cc2)cc1. The van der Waals surface area contributed by atoms with Crippen LogP contribution in [0.3, 0.4) is 0 Å². The molecule has 4 rings (SSSR count). The lowest BCUT2D eigenvalue weighted by Crippen LogP contribution is -2.19. The number of hydrogen-bond acceptors (Lipinski definition) is 6. The molecule has 0 heterocycles. The lowest BCUT2D eigenvalue weighted by Gasteiger charge is -2.32. The fourth-order valence-electron chi connectivity index (χ4n) is 5.88. The summed E-state index contributed by atoms with van der Waals surface area (Å²) in [5, 5.41) is 0.788. The largest absolute Gasteiger partial charge is 0.497 e. The summed E-state index contributed by atoms with van der Waals surface area (Å²) >= 11 is 3.61. The van der Waals surface area contributed by atoms with Crippen LogP contribution in [-0.4, -0.2) is 45.6 Å². The molecule has 0 aliphatic heterocycles. The van der Waals surface area contributed by atoms with E-state index in [9.17, 15) is 0 Å². The van der Waals surface area contributed by atoms with Gasteiger partial charge in [-0.1, -0.05) is 64.5 Å². The lowest BCUT2D eigenvalue weighted by molar-refractivity contribution is 0.414. The minimum absolute atomic E-state index is 0.239. The Bertz CT molecular complexity index is 1480. The Hall–Kier alpha value is -2.98. The van der Waals surface area contributed by atoms with E-state index in [2.05, 4.69) is 15.9 Å². The summed E-state index contributed by atoms with van der Waals surface area (Å²) < 4.78 is 52.4. The van der Waals surface area contributed by atoms with E-state index >= 15 is 9.13 Å². The third-order valence-corrected chi connectivity index (χ3v) is 15.8. The predicted octanol–water partition coefficient (Wildman–Crippen LogP) is 10.1. The zero-order chi connectivity index (χ0) is 33.0. The van der Waals surface area contributed by atoms with Crippen LogP contribution in [0.2, 0.25) is 0 Å². The number of methoxy groups -OCH3 is 4. The Balaban J connectivity index is 1.75. The third kappa shape index (κ3) is 10.3. The zero-order valence-corrected chi connectivity index (χ0v) is 30.6. The van der Waals surface area contributed by atoms with Crippen molar-refractivity contribution in [3.63, 3.8) is 0 Å². The van der Waals surface area contributed by atoms with Crippen LogP contribution in [0, 0.1) is 0 Å². The van der Waals surface area contributed by atoms with Crippen molar-refractivity contribution < 1.29 is 28.1 Å². The highest BCUT2D eigenvalue weighted by Crippen LogP contribution is 2.64. The molecule has 6 nitrogen and oxygen atoms in total. The maximum absolute atomic E-state index is 15.6. The normalized spacial score (nSPS) is 12.4. The van der Waals surface area contributed by atoms with E-state index in [0.29, 0.717) is 37.2 Å². The fourth-order valence-corrected chi connectivity index (χ4v) is 14.3. The fraction of sp³-hybridized carbons (Fsp3) is 0.351. The van der Waals surface area contributed by atoms with Crippen LogP contribution in [0.15, 0.2) is 97.1 Å². The summed E-state index contributed by atoms with van der Waals surface area (Å²) in [6, 6.07) is 31.2. The molecule has 1 atom stereocenters. The first-order valence-corrected chi connectivity index (χ1v) is 21.0. The van der Waals surface area contributed by atoms with Gasteiger partial charge in [-0.2, -0.15) is 0 Å². The molecular formula is C37H45BrO6P2. The molecule has 4 aromatic carbocycles. The molecule has 1 unspecified atom stereocenters. The van der Waals surface area contributed by atoms with Crippen LogP contribution in [0.4, 0.5) is 0 Å². The monoisotopic (exact) mass is 726 g/mol. The Morgan fingerprint density at radius 3 is 1.11 bits per heavy atom. The van der Waals surface area contributed by atoms with Crippen LogP contribution in [0.25, 0.3) is 0 Å². The molecule has 0 aliphatic carbocycles. The van der Waals surface area contributed by atoms with E-state index in [0.717, 1.165) is 57.0 Å². The molecule has 0 aromatic heterocycles. The molecule has 0 saturated carbocycles. The van der Waals surface area contributed by atoms with Gasteiger partial charge >= 0.3 is 0 Å². The molecule has 0 amide bonds. The van der Waals surface area contributed by atoms with Crippen LogP contribution >= 0.6 is 30.2 Å². The van der Waals surface area contributed by atoms with Gasteiger partial charge in [0.15, 0.2) is 0 Å². The van der Waals surface area contributed by atoms with Crippen molar-refractivity contribution in [3.8, 4) is 23.0 Å². The highest BCUT2D eigenvalue weighted by atomic mass is 79.9. The van der Waals surface area contributed by atoms with Gasteiger partial charge in [0.25, 0.3) is 0 Å². The number of alkyl halides is 1. The molecule has 0 N–H and O–H groups in total. The quantitative estimate of drug-likeness (QED) is 0.0751. The second-order valence-electron chi connectivity index (χ2n) is 11.7. The van der Waals surface area contributed by atoms with E-state index in [1.807, 2.05) is 97.1 Å². The summed E-state index contributed by atoms with van der Waals surface area (Å²) in [6.07, 6.45) is 3.61. The van der Waals surface area contributed by atoms with E-state index in [1.54, 1.807) is 28.4 Å². The van der Waals surface area contributed by atoms with Gasteiger partial charge in [-0.15, -0.1) is 0 Å². The minimum Gasteiger partial charge on any atom is -0.497 e. The van der Waals surface area contributed by atoms with E-state index in [4.69, 9.17) is 18.9 Å². The molecule has 0 spiro atoms.